The van der Waals surface area contributed by atoms with Crippen molar-refractivity contribution < 1.29 is 8.81 Å². The molecule has 174 valence electrons. The first-order chi connectivity index (χ1) is 16.2. The van der Waals surface area contributed by atoms with Crippen LogP contribution in [-0.4, -0.2) is 0 Å². The standard InChI is InChI=1S/C27H23BrClFN2O2/c1-14-4-9-23-25(24(14)16(3)31-22-8-6-19(29)11-21(22)28)26(33)15(2)27(34-23)32-12-17-5-7-20(30)10-18(17)13-32/h4-11,16,31H,12-13H2,1-3H3/t16-/m0/s1. The van der Waals surface area contributed by atoms with Crippen molar-refractivity contribution in [2.45, 2.75) is 39.9 Å². The molecule has 7 heteroatoms. The Morgan fingerprint density at radius 2 is 1.85 bits per heavy atom. The Morgan fingerprint density at radius 3 is 2.62 bits per heavy atom. The Morgan fingerprint density at radius 1 is 1.09 bits per heavy atom. The normalized spacial score (nSPS) is 13.9. The lowest BCUT2D eigenvalue weighted by Crippen LogP contribution is -2.21. The highest BCUT2D eigenvalue weighted by Crippen LogP contribution is 2.36. The topological polar surface area (TPSA) is 45.5 Å². The van der Waals surface area contributed by atoms with Gasteiger partial charge < -0.3 is 14.6 Å². The van der Waals surface area contributed by atoms with Crippen molar-refractivity contribution >= 4 is 50.1 Å². The molecule has 0 amide bonds. The van der Waals surface area contributed by atoms with E-state index in [0.29, 0.717) is 40.5 Å². The van der Waals surface area contributed by atoms with Crippen LogP contribution in [0.3, 0.4) is 0 Å². The number of benzene rings is 3. The molecule has 34 heavy (non-hydrogen) atoms. The zero-order chi connectivity index (χ0) is 24.1. The smallest absolute Gasteiger partial charge is 0.203 e. The Kier molecular flexibility index (Phi) is 5.90. The molecule has 0 fully saturated rings. The Hall–Kier alpha value is -2.83. The van der Waals surface area contributed by atoms with Gasteiger partial charge in [0.25, 0.3) is 0 Å². The van der Waals surface area contributed by atoms with E-state index in [2.05, 4.69) is 21.2 Å². The molecule has 1 aliphatic heterocycles. The fraction of sp³-hybridized carbons (Fsp3) is 0.222. The molecule has 2 heterocycles. The average Bonchev–Trinajstić information content (AvgIpc) is 3.21. The molecule has 0 aliphatic carbocycles. The number of halogens is 3. The van der Waals surface area contributed by atoms with E-state index in [1.807, 2.05) is 49.1 Å². The minimum atomic E-state index is -0.258. The van der Waals surface area contributed by atoms with E-state index in [9.17, 15) is 9.18 Å². The van der Waals surface area contributed by atoms with Crippen LogP contribution < -0.4 is 15.6 Å². The molecule has 0 bridgehead atoms. The second-order valence-electron chi connectivity index (χ2n) is 8.79. The van der Waals surface area contributed by atoms with Crippen LogP contribution in [0.15, 0.2) is 62.2 Å². The number of aryl methyl sites for hydroxylation is 1. The fourth-order valence-corrected chi connectivity index (χ4v) is 5.56. The summed E-state index contributed by atoms with van der Waals surface area (Å²) in [7, 11) is 0. The van der Waals surface area contributed by atoms with Gasteiger partial charge in [0.15, 0.2) is 5.43 Å². The van der Waals surface area contributed by atoms with Crippen LogP contribution in [0.4, 0.5) is 16.0 Å². The molecule has 1 aromatic heterocycles. The first-order valence-electron chi connectivity index (χ1n) is 11.0. The molecule has 0 radical (unpaired) electrons. The van der Waals surface area contributed by atoms with E-state index in [4.69, 9.17) is 16.0 Å². The summed E-state index contributed by atoms with van der Waals surface area (Å²) in [4.78, 5) is 15.7. The van der Waals surface area contributed by atoms with Crippen molar-refractivity contribution in [3.8, 4) is 0 Å². The van der Waals surface area contributed by atoms with Crippen LogP contribution in [0.1, 0.15) is 40.8 Å². The van der Waals surface area contributed by atoms with Crippen LogP contribution in [-0.2, 0) is 13.1 Å². The maximum Gasteiger partial charge on any atom is 0.203 e. The number of fused-ring (bicyclic) bond motifs is 2. The summed E-state index contributed by atoms with van der Waals surface area (Å²) in [5, 5.41) is 4.71. The molecule has 1 N–H and O–H groups in total. The van der Waals surface area contributed by atoms with Crippen molar-refractivity contribution in [3.63, 3.8) is 0 Å². The summed E-state index contributed by atoms with van der Waals surface area (Å²) in [6.45, 7) is 6.90. The van der Waals surface area contributed by atoms with E-state index in [1.54, 1.807) is 19.1 Å². The number of nitrogens with zero attached hydrogens (tertiary/aromatic N) is 1. The molecule has 1 aliphatic rings. The van der Waals surface area contributed by atoms with Crippen molar-refractivity contribution in [2.75, 3.05) is 10.2 Å². The Bertz CT molecular complexity index is 1500. The first kappa shape index (κ1) is 22.9. The third kappa shape index (κ3) is 3.99. The van der Waals surface area contributed by atoms with Crippen LogP contribution in [0, 0.1) is 19.7 Å². The maximum absolute atomic E-state index is 13.7. The van der Waals surface area contributed by atoms with Crippen molar-refractivity contribution in [2.24, 2.45) is 0 Å². The van der Waals surface area contributed by atoms with Crippen LogP contribution in [0.25, 0.3) is 11.0 Å². The molecule has 3 aromatic carbocycles. The molecule has 1 atom stereocenters. The SMILES string of the molecule is Cc1ccc2oc(N3Cc4ccc(F)cc4C3)c(C)c(=O)c2c1[C@H](C)Nc1ccc(Cl)cc1Br. The van der Waals surface area contributed by atoms with E-state index < -0.39 is 0 Å². The summed E-state index contributed by atoms with van der Waals surface area (Å²) in [6, 6.07) is 14.0. The minimum Gasteiger partial charge on any atom is -0.440 e. The van der Waals surface area contributed by atoms with Gasteiger partial charge in [-0.15, -0.1) is 0 Å². The summed E-state index contributed by atoms with van der Waals surface area (Å²) < 4.78 is 20.9. The number of hydrogen-bond donors (Lipinski definition) is 1. The number of hydrogen-bond acceptors (Lipinski definition) is 4. The lowest BCUT2D eigenvalue weighted by Gasteiger charge is -2.23. The quantitative estimate of drug-likeness (QED) is 0.288. The van der Waals surface area contributed by atoms with Crippen LogP contribution in [0.5, 0.6) is 0 Å². The van der Waals surface area contributed by atoms with Crippen LogP contribution in [0.2, 0.25) is 5.02 Å². The van der Waals surface area contributed by atoms with Crippen molar-refractivity contribution in [3.05, 3.63) is 102 Å². The number of rotatable bonds is 4. The minimum absolute atomic E-state index is 0.0547. The van der Waals surface area contributed by atoms with Gasteiger partial charge in [-0.3, -0.25) is 4.79 Å². The second-order valence-corrected chi connectivity index (χ2v) is 10.1. The summed E-state index contributed by atoms with van der Waals surface area (Å²) in [5.41, 5.74) is 5.77. The molecule has 0 saturated heterocycles. The molecular formula is C27H23BrClFN2O2. The van der Waals surface area contributed by atoms with Crippen LogP contribution >= 0.6 is 27.5 Å². The second kappa shape index (κ2) is 8.75. The highest BCUT2D eigenvalue weighted by Gasteiger charge is 2.26. The predicted molar refractivity (Wildman–Crippen MR) is 139 cm³/mol. The number of anilines is 2. The molecule has 4 aromatic rings. The lowest BCUT2D eigenvalue weighted by atomic mass is 9.96. The van der Waals surface area contributed by atoms with Crippen molar-refractivity contribution in [1.82, 2.24) is 0 Å². The summed E-state index contributed by atoms with van der Waals surface area (Å²) in [5.74, 6) is 0.274. The summed E-state index contributed by atoms with van der Waals surface area (Å²) >= 11 is 9.63. The Balaban J connectivity index is 1.57. The zero-order valence-corrected chi connectivity index (χ0v) is 21.3. The van der Waals surface area contributed by atoms with E-state index >= 15 is 0 Å². The molecule has 4 nitrogen and oxygen atoms in total. The monoisotopic (exact) mass is 540 g/mol. The summed E-state index contributed by atoms with van der Waals surface area (Å²) in [6.07, 6.45) is 0. The molecule has 0 spiro atoms. The molecule has 0 saturated carbocycles. The van der Waals surface area contributed by atoms with Gasteiger partial charge in [0, 0.05) is 34.3 Å². The Labute approximate surface area is 210 Å². The average molecular weight is 542 g/mol. The van der Waals surface area contributed by atoms with Gasteiger partial charge >= 0.3 is 0 Å². The third-order valence-corrected chi connectivity index (χ3v) is 7.33. The van der Waals surface area contributed by atoms with Gasteiger partial charge in [-0.25, -0.2) is 4.39 Å². The zero-order valence-electron chi connectivity index (χ0n) is 19.0. The third-order valence-electron chi connectivity index (χ3n) is 6.43. The van der Waals surface area contributed by atoms with E-state index in [-0.39, 0.29) is 17.3 Å². The van der Waals surface area contributed by atoms with Gasteiger partial charge in [-0.2, -0.15) is 0 Å². The van der Waals surface area contributed by atoms with E-state index in [0.717, 1.165) is 32.4 Å². The molecular weight excluding hydrogens is 519 g/mol. The van der Waals surface area contributed by atoms with Gasteiger partial charge in [0.2, 0.25) is 5.88 Å². The maximum atomic E-state index is 13.7. The first-order valence-corrected chi connectivity index (χ1v) is 12.2. The lowest BCUT2D eigenvalue weighted by molar-refractivity contribution is 0.570. The largest absolute Gasteiger partial charge is 0.440 e. The molecule has 0 unspecified atom stereocenters. The van der Waals surface area contributed by atoms with Gasteiger partial charge in [-0.1, -0.05) is 23.7 Å². The highest BCUT2D eigenvalue weighted by molar-refractivity contribution is 9.10. The van der Waals surface area contributed by atoms with Crippen molar-refractivity contribution in [1.29, 1.82) is 0 Å². The van der Waals surface area contributed by atoms with Gasteiger partial charge in [0.1, 0.15) is 11.4 Å². The van der Waals surface area contributed by atoms with E-state index in [1.165, 1.54) is 6.07 Å². The number of nitrogens with one attached hydrogen (secondary N) is 1. The van der Waals surface area contributed by atoms with Gasteiger partial charge in [-0.05, 0) is 95.4 Å². The molecule has 5 rings (SSSR count). The van der Waals surface area contributed by atoms with Gasteiger partial charge in [0.05, 0.1) is 10.9 Å². The highest BCUT2D eigenvalue weighted by atomic mass is 79.9. The predicted octanol–water partition coefficient (Wildman–Crippen LogP) is 7.66. The fourth-order valence-electron chi connectivity index (χ4n) is 4.77.